The van der Waals surface area contributed by atoms with E-state index in [0.717, 1.165) is 18.4 Å². The van der Waals surface area contributed by atoms with Crippen LogP contribution in [-0.4, -0.2) is 49.7 Å². The lowest BCUT2D eigenvalue weighted by atomic mass is 9.93. The van der Waals surface area contributed by atoms with Gasteiger partial charge in [0.05, 0.1) is 30.2 Å². The highest BCUT2D eigenvalue weighted by Gasteiger charge is 2.33. The number of anilines is 4. The van der Waals surface area contributed by atoms with Gasteiger partial charge in [-0.2, -0.15) is 15.0 Å². The maximum Gasteiger partial charge on any atom is 0.355 e. The smallest absolute Gasteiger partial charge is 0.355 e. The van der Waals surface area contributed by atoms with E-state index in [-0.39, 0.29) is 29.9 Å². The summed E-state index contributed by atoms with van der Waals surface area (Å²) in [6.45, 7) is 1.88. The fourth-order valence-electron chi connectivity index (χ4n) is 5.42. The molecule has 1 amide bonds. The number of amides is 1. The first kappa shape index (κ1) is 27.3. The van der Waals surface area contributed by atoms with Crippen molar-refractivity contribution in [1.82, 2.24) is 19.5 Å². The van der Waals surface area contributed by atoms with Crippen molar-refractivity contribution in [2.75, 3.05) is 29.1 Å². The predicted molar refractivity (Wildman–Crippen MR) is 154 cm³/mol. The fourth-order valence-corrected chi connectivity index (χ4v) is 5.42. The Kier molecular flexibility index (Phi) is 7.07. The Morgan fingerprint density at radius 3 is 2.76 bits per heavy atom. The first-order chi connectivity index (χ1) is 20.3. The van der Waals surface area contributed by atoms with E-state index in [9.17, 15) is 14.7 Å². The molecule has 0 unspecified atom stereocenters. The molecule has 2 aromatic heterocycles. The summed E-state index contributed by atoms with van der Waals surface area (Å²) in [6, 6.07) is 10.2. The molecule has 0 saturated heterocycles. The third-order valence-electron chi connectivity index (χ3n) is 7.55. The van der Waals surface area contributed by atoms with Crippen molar-refractivity contribution < 1.29 is 23.8 Å². The third kappa shape index (κ3) is 5.05. The van der Waals surface area contributed by atoms with Crippen LogP contribution in [0.4, 0.5) is 27.7 Å². The van der Waals surface area contributed by atoms with E-state index in [4.69, 9.17) is 10.5 Å². The summed E-state index contributed by atoms with van der Waals surface area (Å²) in [4.78, 5) is 40.2. The molecule has 0 bridgehead atoms. The number of aryl methyl sites for hydroxylation is 1. The molecule has 1 saturated carbocycles. The SMILES string of the molecule is CCOC(=O)c1cc(Nc2nc(N)nc(-c3cccc(N4CCc5cc(C6CC6)cc(F)c5C4=O)c3CO)n2)cn1C. The van der Waals surface area contributed by atoms with Crippen LogP contribution in [0.25, 0.3) is 11.4 Å². The van der Waals surface area contributed by atoms with Crippen molar-refractivity contribution >= 4 is 35.1 Å². The van der Waals surface area contributed by atoms with Gasteiger partial charge in [0.25, 0.3) is 5.91 Å². The number of fused-ring (bicyclic) bond motifs is 1. The molecule has 4 N–H and O–H groups in total. The number of nitrogens with two attached hydrogens (primary N) is 1. The van der Waals surface area contributed by atoms with Gasteiger partial charge in [-0.1, -0.05) is 18.2 Å². The number of hydrogen-bond donors (Lipinski definition) is 3. The number of aliphatic hydroxyl groups is 1. The van der Waals surface area contributed by atoms with Crippen molar-refractivity contribution in [2.24, 2.45) is 7.05 Å². The van der Waals surface area contributed by atoms with Gasteiger partial charge < -0.3 is 30.4 Å². The molecule has 0 spiro atoms. The normalized spacial score (nSPS) is 14.6. The number of ether oxygens (including phenoxy) is 1. The number of carbonyl (C=O) groups excluding carboxylic acids is 2. The summed E-state index contributed by atoms with van der Waals surface area (Å²) in [7, 11) is 1.71. The second-order valence-corrected chi connectivity index (χ2v) is 10.4. The lowest BCUT2D eigenvalue weighted by molar-refractivity contribution is 0.0515. The average Bonchev–Trinajstić information content (AvgIpc) is 3.75. The Bertz CT molecular complexity index is 1720. The Morgan fingerprint density at radius 1 is 1.21 bits per heavy atom. The minimum atomic E-state index is -0.515. The van der Waals surface area contributed by atoms with Gasteiger partial charge in [-0.05, 0) is 61.4 Å². The second kappa shape index (κ2) is 10.9. The van der Waals surface area contributed by atoms with Gasteiger partial charge >= 0.3 is 5.97 Å². The molecule has 2 aliphatic rings. The Balaban J connectivity index is 1.32. The van der Waals surface area contributed by atoms with Gasteiger partial charge in [0, 0.05) is 30.9 Å². The number of aromatic nitrogens is 4. The van der Waals surface area contributed by atoms with E-state index in [1.165, 1.54) is 11.0 Å². The van der Waals surface area contributed by atoms with Gasteiger partial charge in [0.15, 0.2) is 5.82 Å². The van der Waals surface area contributed by atoms with Crippen LogP contribution in [0.3, 0.4) is 0 Å². The quantitative estimate of drug-likeness (QED) is 0.266. The molecule has 1 aliphatic carbocycles. The molecule has 1 aliphatic heterocycles. The van der Waals surface area contributed by atoms with Crippen LogP contribution in [0.15, 0.2) is 42.6 Å². The van der Waals surface area contributed by atoms with Crippen molar-refractivity contribution in [2.45, 2.75) is 38.7 Å². The number of halogens is 1. The van der Waals surface area contributed by atoms with Crippen LogP contribution in [0.5, 0.6) is 0 Å². The van der Waals surface area contributed by atoms with Crippen LogP contribution in [0.1, 0.15) is 63.2 Å². The van der Waals surface area contributed by atoms with Crippen LogP contribution < -0.4 is 16.0 Å². The topological polar surface area (TPSA) is 148 Å². The Labute approximate surface area is 241 Å². The van der Waals surface area contributed by atoms with Gasteiger partial charge in [-0.15, -0.1) is 0 Å². The molecule has 1 fully saturated rings. The number of aliphatic hydroxyl groups excluding tert-OH is 1. The molecule has 4 aromatic rings. The van der Waals surface area contributed by atoms with E-state index >= 15 is 4.39 Å². The van der Waals surface area contributed by atoms with E-state index in [1.54, 1.807) is 49.0 Å². The van der Waals surface area contributed by atoms with Gasteiger partial charge in [0.1, 0.15) is 11.5 Å². The molecular weight excluding hydrogens is 541 g/mol. The van der Waals surface area contributed by atoms with Crippen LogP contribution >= 0.6 is 0 Å². The molecule has 11 nitrogen and oxygen atoms in total. The molecule has 0 radical (unpaired) electrons. The molecule has 3 heterocycles. The molecule has 12 heteroatoms. The minimum Gasteiger partial charge on any atom is -0.461 e. The van der Waals surface area contributed by atoms with E-state index in [1.807, 2.05) is 6.07 Å². The lowest BCUT2D eigenvalue weighted by Gasteiger charge is -2.31. The van der Waals surface area contributed by atoms with Gasteiger partial charge in [-0.25, -0.2) is 9.18 Å². The number of rotatable bonds is 8. The number of hydrogen-bond acceptors (Lipinski definition) is 9. The second-order valence-electron chi connectivity index (χ2n) is 10.4. The molecular formula is C30H30FN7O4. The van der Waals surface area contributed by atoms with Crippen molar-refractivity contribution in [1.29, 1.82) is 0 Å². The molecule has 2 aromatic carbocycles. The van der Waals surface area contributed by atoms with Crippen molar-refractivity contribution in [3.8, 4) is 11.4 Å². The molecule has 6 rings (SSSR count). The standard InChI is InChI=1S/C30H30FN7O4/c1-3-42-28(41)24-13-19(14-37(24)2)33-30-35-26(34-29(32)36-30)20-5-4-6-23(21(20)15-39)38-10-9-17-11-18(16-7-8-16)12-22(31)25(17)27(38)40/h4-6,11-14,16,39H,3,7-10,15H2,1-2H3,(H3,32,33,34,35,36). The van der Waals surface area contributed by atoms with Crippen molar-refractivity contribution in [3.05, 3.63) is 76.4 Å². The number of carbonyl (C=O) groups is 2. The summed E-state index contributed by atoms with van der Waals surface area (Å²) in [6.07, 6.45) is 4.26. The molecule has 42 heavy (non-hydrogen) atoms. The summed E-state index contributed by atoms with van der Waals surface area (Å²) in [5, 5.41) is 13.5. The zero-order valence-corrected chi connectivity index (χ0v) is 23.2. The fraction of sp³-hybridized carbons (Fsp3) is 0.300. The third-order valence-corrected chi connectivity index (χ3v) is 7.55. The van der Waals surface area contributed by atoms with Gasteiger partial charge in [0.2, 0.25) is 11.9 Å². The Hall–Kier alpha value is -4.84. The molecule has 216 valence electrons. The summed E-state index contributed by atoms with van der Waals surface area (Å²) in [5.41, 5.74) is 9.90. The monoisotopic (exact) mass is 571 g/mol. The minimum absolute atomic E-state index is 0.0703. The van der Waals surface area contributed by atoms with E-state index in [2.05, 4.69) is 20.3 Å². The van der Waals surface area contributed by atoms with Crippen LogP contribution in [0, 0.1) is 5.82 Å². The van der Waals surface area contributed by atoms with Crippen LogP contribution in [0.2, 0.25) is 0 Å². The van der Waals surface area contributed by atoms with Crippen LogP contribution in [-0.2, 0) is 24.8 Å². The largest absolute Gasteiger partial charge is 0.461 e. The first-order valence-corrected chi connectivity index (χ1v) is 13.8. The Morgan fingerprint density at radius 2 is 2.02 bits per heavy atom. The van der Waals surface area contributed by atoms with Crippen molar-refractivity contribution in [3.63, 3.8) is 0 Å². The molecule has 0 atom stereocenters. The number of nitrogen functional groups attached to an aromatic ring is 1. The summed E-state index contributed by atoms with van der Waals surface area (Å²) >= 11 is 0. The predicted octanol–water partition coefficient (Wildman–Crippen LogP) is 4.09. The number of nitrogens with one attached hydrogen (secondary N) is 1. The first-order valence-electron chi connectivity index (χ1n) is 13.8. The average molecular weight is 572 g/mol. The number of benzene rings is 2. The highest BCUT2D eigenvalue weighted by atomic mass is 19.1. The summed E-state index contributed by atoms with van der Waals surface area (Å²) < 4.78 is 21.9. The maximum absolute atomic E-state index is 15.2. The zero-order valence-electron chi connectivity index (χ0n) is 23.2. The highest BCUT2D eigenvalue weighted by Crippen LogP contribution is 2.42. The van der Waals surface area contributed by atoms with E-state index in [0.29, 0.717) is 52.6 Å². The lowest BCUT2D eigenvalue weighted by Crippen LogP contribution is -2.39. The van der Waals surface area contributed by atoms with Gasteiger partial charge in [-0.3, -0.25) is 4.79 Å². The maximum atomic E-state index is 15.2. The number of nitrogens with zero attached hydrogens (tertiary/aromatic N) is 5. The number of esters is 1. The summed E-state index contributed by atoms with van der Waals surface area (Å²) in [5.74, 6) is -0.849. The van der Waals surface area contributed by atoms with E-state index < -0.39 is 24.3 Å². The highest BCUT2D eigenvalue weighted by molar-refractivity contribution is 6.09. The zero-order chi connectivity index (χ0) is 29.5.